The van der Waals surface area contributed by atoms with Crippen molar-refractivity contribution < 1.29 is 14.3 Å². The van der Waals surface area contributed by atoms with E-state index in [1.54, 1.807) is 13.3 Å². The number of likely N-dealkylation sites (tertiary alicyclic amines) is 2. The van der Waals surface area contributed by atoms with Crippen LogP contribution in [-0.2, 0) is 16.0 Å². The van der Waals surface area contributed by atoms with Crippen LogP contribution >= 0.6 is 0 Å². The third kappa shape index (κ3) is 3.90. The summed E-state index contributed by atoms with van der Waals surface area (Å²) in [7, 11) is 1.64. The largest absolute Gasteiger partial charge is 0.383 e. The van der Waals surface area contributed by atoms with Gasteiger partial charge in [0.2, 0.25) is 5.91 Å². The molecule has 1 aromatic heterocycles. The molecule has 0 saturated carbocycles. The molecule has 3 heterocycles. The molecule has 0 aliphatic carbocycles. The Hall–Kier alpha value is -2.02. The van der Waals surface area contributed by atoms with Crippen LogP contribution in [-0.4, -0.2) is 71.5 Å². The Morgan fingerprint density at radius 2 is 2.12 bits per heavy atom. The van der Waals surface area contributed by atoms with Crippen LogP contribution in [0.2, 0.25) is 0 Å². The number of aromatic nitrogens is 2. The molecule has 0 bridgehead atoms. The van der Waals surface area contributed by atoms with Crippen LogP contribution in [0.25, 0.3) is 0 Å². The summed E-state index contributed by atoms with van der Waals surface area (Å²) in [5.74, 6) is 0.348. The number of ether oxygens (including phenoxy) is 1. The molecule has 1 aromatic rings. The van der Waals surface area contributed by atoms with Crippen LogP contribution in [0.5, 0.6) is 0 Å². The third-order valence-electron chi connectivity index (χ3n) is 4.65. The van der Waals surface area contributed by atoms with Gasteiger partial charge in [-0.25, -0.2) is 4.98 Å². The summed E-state index contributed by atoms with van der Waals surface area (Å²) >= 11 is 0. The number of rotatable bonds is 6. The molecule has 0 aromatic carbocycles. The molecule has 3 rings (SSSR count). The molecule has 2 aliphatic heterocycles. The van der Waals surface area contributed by atoms with Gasteiger partial charge in [0.05, 0.1) is 18.5 Å². The van der Waals surface area contributed by atoms with Gasteiger partial charge < -0.3 is 14.5 Å². The number of methoxy groups -OCH3 is 1. The predicted octanol–water partition coefficient (Wildman–Crippen LogP) is 0.750. The molecule has 0 N–H and O–H groups in total. The Balaban J connectivity index is 1.60. The molecule has 0 radical (unpaired) electrons. The van der Waals surface area contributed by atoms with Crippen molar-refractivity contribution in [3.63, 3.8) is 0 Å². The van der Waals surface area contributed by atoms with E-state index in [-0.39, 0.29) is 17.7 Å². The molecule has 7 heteroatoms. The zero-order valence-electron chi connectivity index (χ0n) is 14.1. The summed E-state index contributed by atoms with van der Waals surface area (Å²) in [6.07, 6.45) is 6.54. The van der Waals surface area contributed by atoms with Crippen molar-refractivity contribution >= 4 is 11.8 Å². The zero-order chi connectivity index (χ0) is 16.9. The minimum atomic E-state index is -0.0360. The number of carbonyl (C=O) groups is 2. The van der Waals surface area contributed by atoms with Crippen molar-refractivity contribution in [2.45, 2.75) is 25.7 Å². The first-order chi connectivity index (χ1) is 11.7. The van der Waals surface area contributed by atoms with Gasteiger partial charge in [-0.2, -0.15) is 0 Å². The van der Waals surface area contributed by atoms with Crippen molar-refractivity contribution in [2.24, 2.45) is 5.92 Å². The molecule has 24 heavy (non-hydrogen) atoms. The normalized spacial score (nSPS) is 20.9. The van der Waals surface area contributed by atoms with Gasteiger partial charge >= 0.3 is 0 Å². The van der Waals surface area contributed by atoms with E-state index in [4.69, 9.17) is 4.74 Å². The summed E-state index contributed by atoms with van der Waals surface area (Å²) < 4.78 is 5.04. The van der Waals surface area contributed by atoms with Crippen molar-refractivity contribution in [3.8, 4) is 0 Å². The van der Waals surface area contributed by atoms with E-state index in [2.05, 4.69) is 9.97 Å². The third-order valence-corrected chi connectivity index (χ3v) is 4.65. The lowest BCUT2D eigenvalue weighted by molar-refractivity contribution is -0.128. The fourth-order valence-electron chi connectivity index (χ4n) is 3.39. The smallest absolute Gasteiger partial charge is 0.274 e. The second kappa shape index (κ2) is 7.70. The highest BCUT2D eigenvalue weighted by Gasteiger charge is 2.30. The summed E-state index contributed by atoms with van der Waals surface area (Å²) in [4.78, 5) is 36.7. The number of carbonyl (C=O) groups excluding carboxylic acids is 2. The highest BCUT2D eigenvalue weighted by Crippen LogP contribution is 2.21. The monoisotopic (exact) mass is 332 g/mol. The maximum Gasteiger partial charge on any atom is 0.274 e. The quantitative estimate of drug-likeness (QED) is 0.768. The van der Waals surface area contributed by atoms with Crippen LogP contribution in [0.1, 0.15) is 35.4 Å². The first-order valence-corrected chi connectivity index (χ1v) is 8.54. The second-order valence-electron chi connectivity index (χ2n) is 6.50. The molecular weight excluding hydrogens is 308 g/mol. The molecule has 2 saturated heterocycles. The Morgan fingerprint density at radius 3 is 2.88 bits per heavy atom. The minimum Gasteiger partial charge on any atom is -0.383 e. The zero-order valence-corrected chi connectivity index (χ0v) is 14.1. The lowest BCUT2D eigenvalue weighted by Gasteiger charge is -2.16. The Morgan fingerprint density at radius 1 is 1.33 bits per heavy atom. The maximum atomic E-state index is 12.4. The minimum absolute atomic E-state index is 0.0360. The Kier molecular flexibility index (Phi) is 5.40. The molecule has 1 atom stereocenters. The summed E-state index contributed by atoms with van der Waals surface area (Å²) in [5, 5.41) is 0. The van der Waals surface area contributed by atoms with Crippen LogP contribution in [0.4, 0.5) is 0 Å². The fraction of sp³-hybridized carbons (Fsp3) is 0.647. The highest BCUT2D eigenvalue weighted by atomic mass is 16.5. The van der Waals surface area contributed by atoms with Crippen molar-refractivity contribution in [1.82, 2.24) is 19.8 Å². The van der Waals surface area contributed by atoms with E-state index in [0.29, 0.717) is 38.2 Å². The van der Waals surface area contributed by atoms with Gasteiger partial charge in [0.25, 0.3) is 5.91 Å². The molecule has 2 aliphatic rings. The average Bonchev–Trinajstić information content (AvgIpc) is 3.22. The predicted molar refractivity (Wildman–Crippen MR) is 87.4 cm³/mol. The van der Waals surface area contributed by atoms with Gasteiger partial charge in [-0.05, 0) is 25.2 Å². The number of nitrogens with zero attached hydrogens (tertiary/aromatic N) is 4. The molecule has 0 spiro atoms. The fourth-order valence-corrected chi connectivity index (χ4v) is 3.39. The molecule has 7 nitrogen and oxygen atoms in total. The first kappa shape index (κ1) is 16.8. The van der Waals surface area contributed by atoms with Crippen molar-refractivity contribution in [2.75, 3.05) is 39.9 Å². The maximum absolute atomic E-state index is 12.4. The summed E-state index contributed by atoms with van der Waals surface area (Å²) in [6.45, 7) is 3.50. The lowest BCUT2D eigenvalue weighted by Crippen LogP contribution is -2.29. The Labute approximate surface area is 142 Å². The number of hydrogen-bond donors (Lipinski definition) is 0. The molecule has 0 unspecified atom stereocenters. The average molecular weight is 332 g/mol. The van der Waals surface area contributed by atoms with Crippen molar-refractivity contribution in [3.05, 3.63) is 23.8 Å². The summed E-state index contributed by atoms with van der Waals surface area (Å²) in [5.41, 5.74) is 1.20. The molecule has 2 amide bonds. The lowest BCUT2D eigenvalue weighted by atomic mass is 10.0. The van der Waals surface area contributed by atoms with E-state index in [9.17, 15) is 9.59 Å². The number of amides is 2. The van der Waals surface area contributed by atoms with Gasteiger partial charge in [0.1, 0.15) is 5.69 Å². The molecule has 2 fully saturated rings. The standard InChI is InChI=1S/C17H24N4O3/c1-24-7-6-21-12-13(9-16(21)22)8-14-10-18-11-15(19-14)17(23)20-4-2-3-5-20/h10-11,13H,2-9,12H2,1H3/t13-/m0/s1. The van der Waals surface area contributed by atoms with Gasteiger partial charge in [0.15, 0.2) is 0 Å². The van der Waals surface area contributed by atoms with Gasteiger partial charge in [-0.15, -0.1) is 0 Å². The van der Waals surface area contributed by atoms with Crippen LogP contribution in [0, 0.1) is 5.92 Å². The van der Waals surface area contributed by atoms with Crippen LogP contribution < -0.4 is 0 Å². The first-order valence-electron chi connectivity index (χ1n) is 8.54. The van der Waals surface area contributed by atoms with E-state index in [1.165, 1.54) is 6.20 Å². The number of hydrogen-bond acceptors (Lipinski definition) is 5. The highest BCUT2D eigenvalue weighted by molar-refractivity contribution is 5.92. The van der Waals surface area contributed by atoms with Crippen molar-refractivity contribution in [1.29, 1.82) is 0 Å². The molecular formula is C17H24N4O3. The molecule has 130 valence electrons. The van der Waals surface area contributed by atoms with Crippen LogP contribution in [0.15, 0.2) is 12.4 Å². The SMILES string of the molecule is COCCN1C[C@@H](Cc2cncc(C(=O)N3CCCC3)n2)CC1=O. The Bertz CT molecular complexity index is 601. The van der Waals surface area contributed by atoms with Gasteiger partial charge in [-0.1, -0.05) is 0 Å². The van der Waals surface area contributed by atoms with Gasteiger partial charge in [0, 0.05) is 45.9 Å². The van der Waals surface area contributed by atoms with E-state index < -0.39 is 0 Å². The van der Waals surface area contributed by atoms with E-state index in [0.717, 1.165) is 31.6 Å². The summed E-state index contributed by atoms with van der Waals surface area (Å²) in [6, 6.07) is 0. The topological polar surface area (TPSA) is 75.6 Å². The second-order valence-corrected chi connectivity index (χ2v) is 6.50. The van der Waals surface area contributed by atoms with Crippen LogP contribution in [0.3, 0.4) is 0 Å². The van der Waals surface area contributed by atoms with E-state index in [1.807, 2.05) is 9.80 Å². The van der Waals surface area contributed by atoms with Gasteiger partial charge in [-0.3, -0.25) is 14.6 Å². The van der Waals surface area contributed by atoms with E-state index >= 15 is 0 Å².